The molecule has 0 bridgehead atoms. The highest BCUT2D eigenvalue weighted by Crippen LogP contribution is 2.18. The molecule has 1 amide bonds. The lowest BCUT2D eigenvalue weighted by atomic mass is 10.1. The highest BCUT2D eigenvalue weighted by Gasteiger charge is 2.29. The summed E-state index contributed by atoms with van der Waals surface area (Å²) in [6.07, 6.45) is 1.07. The lowest BCUT2D eigenvalue weighted by Crippen LogP contribution is -2.36. The molecule has 1 aliphatic rings. The Hall–Kier alpha value is -0.810. The summed E-state index contributed by atoms with van der Waals surface area (Å²) < 4.78 is 10.6. The first kappa shape index (κ1) is 16.2. The minimum absolute atomic E-state index is 0.194. The number of ether oxygens (including phenoxy) is 2. The molecule has 1 fully saturated rings. The van der Waals surface area contributed by atoms with Gasteiger partial charge < -0.3 is 19.7 Å². The predicted molar refractivity (Wildman–Crippen MR) is 75.3 cm³/mol. The topological polar surface area (TPSA) is 50.8 Å². The molecular weight excluding hydrogens is 244 g/mol. The summed E-state index contributed by atoms with van der Waals surface area (Å²) in [5.41, 5.74) is -0.415. The van der Waals surface area contributed by atoms with Crippen LogP contribution in [0.1, 0.15) is 34.1 Å². The quantitative estimate of drug-likeness (QED) is 0.830. The van der Waals surface area contributed by atoms with E-state index in [1.807, 2.05) is 27.7 Å². The van der Waals surface area contributed by atoms with Gasteiger partial charge in [0.1, 0.15) is 5.60 Å². The third-order valence-corrected chi connectivity index (χ3v) is 3.20. The third kappa shape index (κ3) is 6.25. The van der Waals surface area contributed by atoms with Gasteiger partial charge in [-0.3, -0.25) is 0 Å². The molecular formula is C14H28N2O3. The molecule has 0 saturated carbocycles. The van der Waals surface area contributed by atoms with Crippen molar-refractivity contribution in [1.82, 2.24) is 10.2 Å². The first-order valence-electron chi connectivity index (χ1n) is 7.03. The lowest BCUT2D eigenvalue weighted by molar-refractivity contribution is 0.0288. The maximum absolute atomic E-state index is 11.9. The number of hydrogen-bond donors (Lipinski definition) is 1. The molecule has 5 nitrogen and oxygen atoms in total. The molecule has 0 aromatic rings. The van der Waals surface area contributed by atoms with E-state index < -0.39 is 5.60 Å². The first-order valence-corrected chi connectivity index (χ1v) is 7.03. The van der Waals surface area contributed by atoms with Crippen molar-refractivity contribution >= 4 is 6.09 Å². The van der Waals surface area contributed by atoms with Gasteiger partial charge in [0.15, 0.2) is 0 Å². The fourth-order valence-electron chi connectivity index (χ4n) is 2.07. The predicted octanol–water partition coefficient (Wildman–Crippen LogP) is 1.87. The van der Waals surface area contributed by atoms with Gasteiger partial charge in [-0.2, -0.15) is 0 Å². The fraction of sp³-hybridized carbons (Fsp3) is 0.929. The Morgan fingerprint density at radius 2 is 2.16 bits per heavy atom. The number of likely N-dealkylation sites (tertiary alicyclic amines) is 1. The van der Waals surface area contributed by atoms with Gasteiger partial charge in [0, 0.05) is 26.7 Å². The van der Waals surface area contributed by atoms with Gasteiger partial charge in [-0.1, -0.05) is 0 Å². The zero-order valence-corrected chi connectivity index (χ0v) is 12.9. The highest BCUT2D eigenvalue weighted by molar-refractivity contribution is 5.68. The minimum atomic E-state index is -0.415. The molecule has 0 aromatic carbocycles. The van der Waals surface area contributed by atoms with Crippen LogP contribution < -0.4 is 5.32 Å². The molecule has 0 aromatic heterocycles. The second-order valence-corrected chi connectivity index (χ2v) is 6.29. The van der Waals surface area contributed by atoms with Gasteiger partial charge >= 0.3 is 6.09 Å². The number of carbonyl (C=O) groups is 1. The normalized spacial score (nSPS) is 21.5. The van der Waals surface area contributed by atoms with E-state index in [9.17, 15) is 4.79 Å². The fourth-order valence-corrected chi connectivity index (χ4v) is 2.07. The molecule has 2 unspecified atom stereocenters. The van der Waals surface area contributed by atoms with Gasteiger partial charge in [0.25, 0.3) is 0 Å². The first-order chi connectivity index (χ1) is 8.81. The van der Waals surface area contributed by atoms with Crippen LogP contribution in [0.3, 0.4) is 0 Å². The zero-order valence-electron chi connectivity index (χ0n) is 12.9. The number of hydrogen-bond acceptors (Lipinski definition) is 4. The molecule has 1 saturated heterocycles. The van der Waals surface area contributed by atoms with E-state index in [-0.39, 0.29) is 12.2 Å². The zero-order chi connectivity index (χ0) is 14.5. The van der Waals surface area contributed by atoms with Gasteiger partial charge in [0.2, 0.25) is 0 Å². The van der Waals surface area contributed by atoms with Crippen molar-refractivity contribution in [3.8, 4) is 0 Å². The van der Waals surface area contributed by atoms with E-state index in [2.05, 4.69) is 5.32 Å². The average Bonchev–Trinajstić information content (AvgIpc) is 2.75. The number of nitrogens with zero attached hydrogens (tertiary/aromatic N) is 1. The molecule has 112 valence electrons. The Bertz CT molecular complexity index is 289. The van der Waals surface area contributed by atoms with Crippen LogP contribution >= 0.6 is 0 Å². The molecule has 1 heterocycles. The minimum Gasteiger partial charge on any atom is -0.444 e. The Kier molecular flexibility index (Phi) is 6.07. The number of rotatable bonds is 5. The molecule has 1 N–H and O–H groups in total. The van der Waals surface area contributed by atoms with Crippen LogP contribution in [-0.4, -0.2) is 56.0 Å². The van der Waals surface area contributed by atoms with Crippen LogP contribution in [0, 0.1) is 5.92 Å². The lowest BCUT2D eigenvalue weighted by Gasteiger charge is -2.24. The molecule has 1 aliphatic heterocycles. The molecule has 0 aliphatic carbocycles. The summed E-state index contributed by atoms with van der Waals surface area (Å²) >= 11 is 0. The molecule has 1 rings (SSSR count). The largest absolute Gasteiger partial charge is 0.444 e. The Balaban J connectivity index is 2.24. The van der Waals surface area contributed by atoms with Crippen molar-refractivity contribution in [1.29, 1.82) is 0 Å². The van der Waals surface area contributed by atoms with Crippen LogP contribution in [0.15, 0.2) is 0 Å². The maximum atomic E-state index is 11.9. The van der Waals surface area contributed by atoms with Crippen molar-refractivity contribution in [3.05, 3.63) is 0 Å². The summed E-state index contributed by atoms with van der Waals surface area (Å²) in [4.78, 5) is 13.7. The summed E-state index contributed by atoms with van der Waals surface area (Å²) in [7, 11) is 1.71. The summed E-state index contributed by atoms with van der Waals surface area (Å²) in [6.45, 7) is 11.1. The van der Waals surface area contributed by atoms with Crippen LogP contribution in [-0.2, 0) is 9.47 Å². The summed E-state index contributed by atoms with van der Waals surface area (Å²) in [5.74, 6) is 0.511. The van der Waals surface area contributed by atoms with E-state index in [4.69, 9.17) is 9.47 Å². The van der Waals surface area contributed by atoms with Crippen molar-refractivity contribution in [2.45, 2.75) is 45.8 Å². The van der Waals surface area contributed by atoms with Gasteiger partial charge in [-0.05, 0) is 46.6 Å². The molecule has 0 spiro atoms. The number of amides is 1. The van der Waals surface area contributed by atoms with Gasteiger partial charge in [-0.25, -0.2) is 4.79 Å². The third-order valence-electron chi connectivity index (χ3n) is 3.20. The summed E-state index contributed by atoms with van der Waals surface area (Å²) in [6, 6.07) is 0. The van der Waals surface area contributed by atoms with Crippen LogP contribution in [0.2, 0.25) is 0 Å². The standard InChI is InChI=1S/C14H28N2O3/c1-11(18-5)8-15-9-12-6-7-16(10-12)13(17)19-14(2,3)4/h11-12,15H,6-10H2,1-5H3. The Labute approximate surface area is 116 Å². The highest BCUT2D eigenvalue weighted by atomic mass is 16.6. The van der Waals surface area contributed by atoms with Crippen LogP contribution in [0.5, 0.6) is 0 Å². The smallest absolute Gasteiger partial charge is 0.410 e. The van der Waals surface area contributed by atoms with Crippen LogP contribution in [0.25, 0.3) is 0 Å². The number of nitrogens with one attached hydrogen (secondary N) is 1. The van der Waals surface area contributed by atoms with Crippen molar-refractivity contribution in [2.24, 2.45) is 5.92 Å². The molecule has 5 heteroatoms. The van der Waals surface area contributed by atoms with E-state index in [1.54, 1.807) is 12.0 Å². The second kappa shape index (κ2) is 7.10. The second-order valence-electron chi connectivity index (χ2n) is 6.29. The molecule has 2 atom stereocenters. The molecule has 0 radical (unpaired) electrons. The van der Waals surface area contributed by atoms with Gasteiger partial charge in [0.05, 0.1) is 6.10 Å². The van der Waals surface area contributed by atoms with Crippen molar-refractivity contribution < 1.29 is 14.3 Å². The number of methoxy groups -OCH3 is 1. The van der Waals surface area contributed by atoms with E-state index in [1.165, 1.54) is 0 Å². The molecule has 19 heavy (non-hydrogen) atoms. The van der Waals surface area contributed by atoms with Gasteiger partial charge in [-0.15, -0.1) is 0 Å². The van der Waals surface area contributed by atoms with Crippen molar-refractivity contribution in [2.75, 3.05) is 33.3 Å². The Morgan fingerprint density at radius 1 is 1.47 bits per heavy atom. The van der Waals surface area contributed by atoms with E-state index in [0.29, 0.717) is 5.92 Å². The maximum Gasteiger partial charge on any atom is 0.410 e. The number of carbonyl (C=O) groups excluding carboxylic acids is 1. The summed E-state index contributed by atoms with van der Waals surface area (Å²) in [5, 5.41) is 3.38. The van der Waals surface area contributed by atoms with E-state index >= 15 is 0 Å². The monoisotopic (exact) mass is 272 g/mol. The Morgan fingerprint density at radius 3 is 2.74 bits per heavy atom. The SMILES string of the molecule is COC(C)CNCC1CCN(C(=O)OC(C)(C)C)C1. The van der Waals surface area contributed by atoms with Crippen molar-refractivity contribution in [3.63, 3.8) is 0 Å². The van der Waals surface area contributed by atoms with Crippen LogP contribution in [0.4, 0.5) is 4.79 Å². The van der Waals surface area contributed by atoms with E-state index in [0.717, 1.165) is 32.6 Å². The average molecular weight is 272 g/mol.